The van der Waals surface area contributed by atoms with Crippen molar-refractivity contribution in [3.63, 3.8) is 0 Å². The summed E-state index contributed by atoms with van der Waals surface area (Å²) in [5.41, 5.74) is 0.837. The van der Waals surface area contributed by atoms with Gasteiger partial charge in [0.2, 0.25) is 5.91 Å². The molecule has 9 heteroatoms. The Balaban J connectivity index is 2.06. The number of nitrogens with one attached hydrogen (secondary N) is 2. The van der Waals surface area contributed by atoms with Gasteiger partial charge >= 0.3 is 10.7 Å². The molecule has 1 heterocycles. The van der Waals surface area contributed by atoms with Crippen molar-refractivity contribution in [3.05, 3.63) is 33.1 Å². The van der Waals surface area contributed by atoms with E-state index < -0.39 is 5.63 Å². The Hall–Kier alpha value is -1.93. The highest BCUT2D eigenvalue weighted by Gasteiger charge is 2.20. The molecule has 0 aliphatic rings. The second-order valence-electron chi connectivity index (χ2n) is 4.48. The molecule has 0 atom stereocenters. The lowest BCUT2D eigenvalue weighted by atomic mass is 10.2. The minimum Gasteiger partial charge on any atom is -0.495 e. The summed E-state index contributed by atoms with van der Waals surface area (Å²) in [5, 5.41) is 5.99. The van der Waals surface area contributed by atoms with Crippen LogP contribution in [0.3, 0.4) is 0 Å². The molecule has 0 spiro atoms. The van der Waals surface area contributed by atoms with Gasteiger partial charge in [0.05, 0.1) is 18.6 Å². The molecule has 0 aliphatic heterocycles. The van der Waals surface area contributed by atoms with E-state index in [9.17, 15) is 9.59 Å². The van der Waals surface area contributed by atoms with Gasteiger partial charge in [-0.2, -0.15) is 0 Å². The molecule has 1 aromatic carbocycles. The topological polar surface area (TPSA) is 88.2 Å². The Kier molecular flexibility index (Phi) is 5.15. The predicted octanol–water partition coefficient (Wildman–Crippen LogP) is 1.49. The molecule has 0 saturated carbocycles. The molecule has 0 unspecified atom stereocenters. The van der Waals surface area contributed by atoms with Crippen LogP contribution in [0, 0.1) is 6.92 Å². The zero-order valence-corrected chi connectivity index (χ0v) is 13.8. The van der Waals surface area contributed by atoms with E-state index in [1.165, 1.54) is 11.8 Å². The fourth-order valence-electron chi connectivity index (χ4n) is 1.74. The fourth-order valence-corrected chi connectivity index (χ4v) is 2.62. The average Bonchev–Trinajstić information content (AvgIpc) is 2.79. The molecule has 7 nitrogen and oxygen atoms in total. The number of anilines is 1. The Morgan fingerprint density at radius 3 is 2.86 bits per heavy atom. The lowest BCUT2D eigenvalue weighted by molar-refractivity contribution is -0.772. The highest BCUT2D eigenvalue weighted by Crippen LogP contribution is 2.31. The van der Waals surface area contributed by atoms with Crippen molar-refractivity contribution in [2.75, 3.05) is 18.2 Å². The molecule has 0 saturated heterocycles. The molecule has 1 aromatic heterocycles. The van der Waals surface area contributed by atoms with E-state index in [-0.39, 0.29) is 11.7 Å². The summed E-state index contributed by atoms with van der Waals surface area (Å²) < 4.78 is 11.2. The summed E-state index contributed by atoms with van der Waals surface area (Å²) in [4.78, 5) is 23.4. The van der Waals surface area contributed by atoms with Crippen LogP contribution < -0.4 is 20.4 Å². The number of thioether (sulfide) groups is 1. The van der Waals surface area contributed by atoms with Gasteiger partial charge in [0.25, 0.3) is 0 Å². The van der Waals surface area contributed by atoms with Crippen LogP contribution in [-0.4, -0.2) is 24.0 Å². The minimum absolute atomic E-state index is 0.0568. The van der Waals surface area contributed by atoms with E-state index in [1.807, 2.05) is 6.92 Å². The van der Waals surface area contributed by atoms with Crippen LogP contribution in [0.4, 0.5) is 5.69 Å². The maximum absolute atomic E-state index is 12.0. The molecule has 0 radical (unpaired) electrons. The van der Waals surface area contributed by atoms with E-state index in [0.717, 1.165) is 17.3 Å². The first kappa shape index (κ1) is 16.4. The minimum atomic E-state index is -0.514. The zero-order chi connectivity index (χ0) is 16.3. The van der Waals surface area contributed by atoms with Crippen molar-refractivity contribution in [2.45, 2.75) is 11.9 Å². The van der Waals surface area contributed by atoms with Crippen molar-refractivity contribution in [2.24, 2.45) is 7.05 Å². The monoisotopic (exact) mass is 344 g/mol. The summed E-state index contributed by atoms with van der Waals surface area (Å²) in [6.07, 6.45) is 0. The number of carbonyl (C=O) groups is 1. The Morgan fingerprint density at radius 2 is 2.27 bits per heavy atom. The SMILES string of the molecule is COc1cc(Cl)c(C)cc1NC(=O)CSc1c(=O)o[nH][n+]1C. The van der Waals surface area contributed by atoms with Crippen LogP contribution in [0.25, 0.3) is 0 Å². The van der Waals surface area contributed by atoms with Gasteiger partial charge in [0.1, 0.15) is 5.75 Å². The summed E-state index contributed by atoms with van der Waals surface area (Å²) in [5.74, 6) is 0.257. The number of halogens is 1. The van der Waals surface area contributed by atoms with Crippen molar-refractivity contribution >= 4 is 35.0 Å². The molecular formula is C13H15ClN3O4S+. The number of methoxy groups -OCH3 is 1. The van der Waals surface area contributed by atoms with Gasteiger partial charge in [0, 0.05) is 11.1 Å². The van der Waals surface area contributed by atoms with Crippen LogP contribution in [0.5, 0.6) is 5.75 Å². The molecular weight excluding hydrogens is 330 g/mol. The lowest BCUT2D eigenvalue weighted by Crippen LogP contribution is -2.34. The third-order valence-electron chi connectivity index (χ3n) is 2.85. The molecule has 0 aliphatic carbocycles. The molecule has 118 valence electrons. The normalized spacial score (nSPS) is 10.5. The second kappa shape index (κ2) is 6.89. The van der Waals surface area contributed by atoms with E-state index in [1.54, 1.807) is 19.2 Å². The number of aromatic nitrogens is 2. The van der Waals surface area contributed by atoms with Gasteiger partial charge in [-0.3, -0.25) is 9.32 Å². The quantitative estimate of drug-likeness (QED) is 0.634. The number of hydrogen-bond acceptors (Lipinski definition) is 5. The van der Waals surface area contributed by atoms with Gasteiger partial charge in [-0.15, -0.1) is 0 Å². The number of aromatic amines is 1. The molecule has 22 heavy (non-hydrogen) atoms. The van der Waals surface area contributed by atoms with E-state index in [4.69, 9.17) is 16.3 Å². The maximum Gasteiger partial charge on any atom is 0.441 e. The van der Waals surface area contributed by atoms with Crippen LogP contribution in [0.2, 0.25) is 5.02 Å². The Bertz CT molecular complexity index is 756. The van der Waals surface area contributed by atoms with E-state index >= 15 is 0 Å². The van der Waals surface area contributed by atoms with Crippen molar-refractivity contribution in [1.82, 2.24) is 5.27 Å². The van der Waals surface area contributed by atoms with Gasteiger partial charge in [-0.25, -0.2) is 4.79 Å². The smallest absolute Gasteiger partial charge is 0.441 e. The standard InChI is InChI=1S/C13H14ClN3O4S/c1-7-4-9(10(20-3)5-8(7)14)15-11(18)6-22-12-13(19)21-16-17(12)2/h4-5H,6H2,1-3H3,(H-,15,16,18,19)/p+1. The first-order valence-electron chi connectivity index (χ1n) is 6.26. The predicted molar refractivity (Wildman–Crippen MR) is 82.6 cm³/mol. The lowest BCUT2D eigenvalue weighted by Gasteiger charge is -2.11. The number of ether oxygens (including phenoxy) is 1. The largest absolute Gasteiger partial charge is 0.495 e. The van der Waals surface area contributed by atoms with Crippen molar-refractivity contribution in [3.8, 4) is 5.75 Å². The van der Waals surface area contributed by atoms with Crippen LogP contribution in [0.15, 0.2) is 26.5 Å². The molecule has 2 rings (SSSR count). The van der Waals surface area contributed by atoms with Crippen LogP contribution in [-0.2, 0) is 11.8 Å². The number of aryl methyl sites for hydroxylation is 2. The number of amides is 1. The third-order valence-corrected chi connectivity index (χ3v) is 4.38. The number of rotatable bonds is 5. The van der Waals surface area contributed by atoms with Crippen LogP contribution in [0.1, 0.15) is 5.56 Å². The summed E-state index contributed by atoms with van der Waals surface area (Å²) in [6.45, 7) is 1.83. The number of H-pyrrole nitrogens is 1. The van der Waals surface area contributed by atoms with Crippen LogP contribution >= 0.6 is 23.4 Å². The molecule has 2 aromatic rings. The second-order valence-corrected chi connectivity index (χ2v) is 5.85. The highest BCUT2D eigenvalue weighted by atomic mass is 35.5. The van der Waals surface area contributed by atoms with Gasteiger partial charge in [0.15, 0.2) is 7.05 Å². The number of benzene rings is 1. The summed E-state index contributed by atoms with van der Waals surface area (Å²) in [7, 11) is 3.12. The first-order chi connectivity index (χ1) is 10.4. The number of nitrogens with zero attached hydrogens (tertiary/aromatic N) is 1. The Morgan fingerprint density at radius 1 is 1.55 bits per heavy atom. The molecule has 1 amide bonds. The summed E-state index contributed by atoms with van der Waals surface area (Å²) >= 11 is 7.09. The van der Waals surface area contributed by atoms with Gasteiger partial charge in [-0.05, 0) is 35.6 Å². The van der Waals surface area contributed by atoms with Gasteiger partial charge in [-0.1, -0.05) is 16.3 Å². The van der Waals surface area contributed by atoms with Gasteiger partial charge < -0.3 is 10.1 Å². The number of carbonyl (C=O) groups excluding carboxylic acids is 1. The fraction of sp³-hybridized carbons (Fsp3) is 0.308. The van der Waals surface area contributed by atoms with Crippen molar-refractivity contribution < 1.29 is 18.7 Å². The third kappa shape index (κ3) is 3.63. The molecule has 2 N–H and O–H groups in total. The van der Waals surface area contributed by atoms with E-state index in [0.29, 0.717) is 21.5 Å². The zero-order valence-electron chi connectivity index (χ0n) is 12.2. The first-order valence-corrected chi connectivity index (χ1v) is 7.63. The van der Waals surface area contributed by atoms with Crippen molar-refractivity contribution in [1.29, 1.82) is 0 Å². The summed E-state index contributed by atoms with van der Waals surface area (Å²) in [6, 6.07) is 3.37. The van der Waals surface area contributed by atoms with E-state index in [2.05, 4.69) is 15.1 Å². The maximum atomic E-state index is 12.0. The average molecular weight is 345 g/mol. The molecule has 0 fully saturated rings. The molecule has 0 bridgehead atoms. The number of hydrogen-bond donors (Lipinski definition) is 2. The Labute approximate surface area is 135 Å². The highest BCUT2D eigenvalue weighted by molar-refractivity contribution is 7.99.